The van der Waals surface area contributed by atoms with Gasteiger partial charge in [-0.1, -0.05) is 24.3 Å². The zero-order valence-corrected chi connectivity index (χ0v) is 13.6. The zero-order valence-electron chi connectivity index (χ0n) is 9.52. The van der Waals surface area contributed by atoms with Crippen LogP contribution in [-0.4, -0.2) is 14.3 Å². The molecule has 0 bridgehead atoms. The third kappa shape index (κ3) is 95.8. The Hall–Kier alpha value is -0.0688. The molecule has 0 aromatic rings. The predicted octanol–water partition coefficient (Wildman–Crippen LogP) is 2.57. The van der Waals surface area contributed by atoms with Crippen molar-refractivity contribution < 1.29 is 35.0 Å². The summed E-state index contributed by atoms with van der Waals surface area (Å²) in [5, 5.41) is 0. The van der Waals surface area contributed by atoms with Gasteiger partial charge in [-0.25, -0.2) is 0 Å². The third-order valence-corrected chi connectivity index (χ3v) is 0.556. The molecule has 0 atom stereocenters. The van der Waals surface area contributed by atoms with E-state index in [9.17, 15) is 0 Å². The Balaban J connectivity index is -0.0000000337. The molecule has 0 saturated carbocycles. The van der Waals surface area contributed by atoms with E-state index < -0.39 is 0 Å². The molecule has 2 radical (unpaired) electrons. The van der Waals surface area contributed by atoms with Gasteiger partial charge in [0.05, 0.1) is 0 Å². The summed E-state index contributed by atoms with van der Waals surface area (Å²) in [6.45, 7) is 13.5. The predicted molar refractivity (Wildman–Crippen MR) is 57.7 cm³/mol. The second-order valence-electron chi connectivity index (χ2n) is 2.46. The van der Waals surface area contributed by atoms with Crippen molar-refractivity contribution in [3.63, 3.8) is 0 Å². The van der Waals surface area contributed by atoms with Crippen molar-refractivity contribution in [1.29, 1.82) is 0 Å². The molecule has 1 aliphatic rings. The molecule has 3 nitrogen and oxygen atoms in total. The molecular weight excluding hydrogens is 349 g/mol. The average Bonchev–Trinajstić information content (AvgIpc) is 2.83. The number of hydrogen-bond acceptors (Lipinski definition) is 0. The van der Waals surface area contributed by atoms with Gasteiger partial charge in [0.2, 0.25) is 0 Å². The standard InChI is InChI=1S/C5H5.C3H9Ge.3CO.Mo/c1-2-4-5-3-1;1-4(2)3;3*1-2;/h1-5H;1-3H3;;;;. The second kappa shape index (κ2) is 46.1. The second-order valence-corrected chi connectivity index (χ2v) is 8.76. The molecule has 0 fully saturated rings. The Morgan fingerprint density at radius 1 is 0.688 bits per heavy atom. The monoisotopic (exact) mass is 366 g/mol. The Kier molecular flexibility index (Phi) is 85.6. The Morgan fingerprint density at radius 3 is 0.938 bits per heavy atom. The molecule has 0 heterocycles. The quantitative estimate of drug-likeness (QED) is 0.361. The molecule has 0 spiro atoms. The van der Waals surface area contributed by atoms with Crippen LogP contribution in [0, 0.1) is 26.4 Å². The molecule has 0 saturated heterocycles. The number of hydrogen-bond donors (Lipinski definition) is 0. The van der Waals surface area contributed by atoms with Crippen LogP contribution in [0.15, 0.2) is 24.3 Å². The van der Waals surface area contributed by atoms with Crippen molar-refractivity contribution in [2.24, 2.45) is 0 Å². The first kappa shape index (κ1) is 29.7. The fraction of sp³-hybridized carbons (Fsp3) is 0.273. The van der Waals surface area contributed by atoms with Gasteiger partial charge in [-0.15, -0.1) is 0 Å². The van der Waals surface area contributed by atoms with Crippen LogP contribution < -0.4 is 0 Å². The van der Waals surface area contributed by atoms with E-state index in [0.717, 1.165) is 0 Å². The molecule has 0 amide bonds. The van der Waals surface area contributed by atoms with E-state index in [1.54, 1.807) is 0 Å². The molecular formula is C11H14GeMoO3. The molecule has 1 aliphatic carbocycles. The van der Waals surface area contributed by atoms with Gasteiger partial charge >= 0.3 is 65.5 Å². The topological polar surface area (TPSA) is 59.7 Å². The van der Waals surface area contributed by atoms with E-state index >= 15 is 0 Å². The molecule has 0 aliphatic heterocycles. The van der Waals surface area contributed by atoms with E-state index in [1.807, 2.05) is 30.7 Å². The van der Waals surface area contributed by atoms with Gasteiger partial charge in [0, 0.05) is 27.5 Å². The van der Waals surface area contributed by atoms with Crippen LogP contribution in [0.3, 0.4) is 0 Å². The first-order valence-electron chi connectivity index (χ1n) is 3.78. The molecule has 0 unspecified atom stereocenters. The van der Waals surface area contributed by atoms with Crippen LogP contribution in [0.25, 0.3) is 0 Å². The normalized spacial score (nSPS) is 8.12. The fourth-order valence-electron chi connectivity index (χ4n) is 0.321. The van der Waals surface area contributed by atoms with Gasteiger partial charge in [0.15, 0.2) is 0 Å². The van der Waals surface area contributed by atoms with Gasteiger partial charge in [-0.05, 0) is 0 Å². The minimum atomic E-state index is -0.333. The van der Waals surface area contributed by atoms with Crippen LogP contribution >= 0.6 is 0 Å². The molecule has 16 heavy (non-hydrogen) atoms. The molecule has 1 rings (SSSR count). The van der Waals surface area contributed by atoms with Crippen molar-refractivity contribution in [2.45, 2.75) is 17.3 Å². The van der Waals surface area contributed by atoms with Crippen molar-refractivity contribution in [3.05, 3.63) is 50.7 Å². The summed E-state index contributed by atoms with van der Waals surface area (Å²) in [4.78, 5) is 0. The summed E-state index contributed by atoms with van der Waals surface area (Å²) in [7, 11) is 0. The van der Waals surface area contributed by atoms with Crippen molar-refractivity contribution >= 4 is 14.3 Å². The zero-order chi connectivity index (χ0) is 13.1. The molecule has 0 aromatic carbocycles. The molecule has 86 valence electrons. The summed E-state index contributed by atoms with van der Waals surface area (Å²) in [6, 6.07) is 0. The summed E-state index contributed by atoms with van der Waals surface area (Å²) in [5.41, 5.74) is 0. The maximum Gasteiger partial charge on any atom is 0.00506 e. The average molecular weight is 363 g/mol. The first-order chi connectivity index (χ1) is 7.23. The van der Waals surface area contributed by atoms with Gasteiger partial charge in [-0.3, -0.25) is 0 Å². The first-order valence-corrected chi connectivity index (χ1v) is 10.1. The minimum Gasteiger partial charge on any atom is -0.0767 e. The Labute approximate surface area is 117 Å². The Bertz CT molecular complexity index is 178. The molecule has 0 aromatic heterocycles. The van der Waals surface area contributed by atoms with Crippen LogP contribution in [0.2, 0.25) is 17.3 Å². The van der Waals surface area contributed by atoms with E-state index in [4.69, 9.17) is 14.0 Å². The van der Waals surface area contributed by atoms with Gasteiger partial charge < -0.3 is 0 Å². The van der Waals surface area contributed by atoms with Crippen LogP contribution in [0.5, 0.6) is 0 Å². The van der Waals surface area contributed by atoms with Gasteiger partial charge in [-0.2, -0.15) is 0 Å². The fourth-order valence-corrected chi connectivity index (χ4v) is 0.321. The van der Waals surface area contributed by atoms with Crippen molar-refractivity contribution in [3.8, 4) is 0 Å². The minimum absolute atomic E-state index is 0. The van der Waals surface area contributed by atoms with Crippen LogP contribution in [0.4, 0.5) is 0 Å². The van der Waals surface area contributed by atoms with Crippen molar-refractivity contribution in [2.75, 3.05) is 0 Å². The summed E-state index contributed by atoms with van der Waals surface area (Å²) in [6.07, 6.45) is 10.0. The third-order valence-electron chi connectivity index (χ3n) is 0.556. The van der Waals surface area contributed by atoms with Crippen LogP contribution in [-0.2, 0) is 35.0 Å². The Morgan fingerprint density at radius 2 is 0.875 bits per heavy atom. The number of rotatable bonds is 0. The molecule has 0 N–H and O–H groups in total. The van der Waals surface area contributed by atoms with Crippen LogP contribution in [0.1, 0.15) is 0 Å². The summed E-state index contributed by atoms with van der Waals surface area (Å²) < 4.78 is 22.5. The van der Waals surface area contributed by atoms with Gasteiger partial charge in [0.25, 0.3) is 0 Å². The largest absolute Gasteiger partial charge is 0.0767 e. The maximum absolute atomic E-state index is 7.50. The van der Waals surface area contributed by atoms with E-state index in [1.165, 1.54) is 0 Å². The van der Waals surface area contributed by atoms with Gasteiger partial charge in [0.1, 0.15) is 0 Å². The summed E-state index contributed by atoms with van der Waals surface area (Å²) in [5.74, 6) is 7.00. The number of allylic oxidation sites excluding steroid dienone is 4. The SMILES string of the molecule is [C-]#[O+].[C-]#[O+].[C-]#[O+].[CH3][Ge]([CH3])[CH3].[CH]1C=CC=C1.[Mo]. The van der Waals surface area contributed by atoms with E-state index in [0.29, 0.717) is 0 Å². The van der Waals surface area contributed by atoms with E-state index in [-0.39, 0.29) is 35.4 Å². The maximum atomic E-state index is 7.50. The van der Waals surface area contributed by atoms with E-state index in [2.05, 4.69) is 37.2 Å². The van der Waals surface area contributed by atoms with Crippen molar-refractivity contribution in [1.82, 2.24) is 0 Å². The molecule has 5 heteroatoms. The summed E-state index contributed by atoms with van der Waals surface area (Å²) >= 11 is -0.333. The smallest absolute Gasteiger partial charge is 0.00506 e.